The molecular formula is C14H13NO. The standard InChI is InChI=1S/C14H13NO/c1-3-10(2)13-7-5-12-8-11(9-15)4-6-14(12)16-13/h3-8,10,13H,1H2,2H3/t10-,13+/m1/s1. The zero-order valence-electron chi connectivity index (χ0n) is 9.18. The second-order valence-electron chi connectivity index (χ2n) is 3.90. The number of nitriles is 1. The van der Waals surface area contributed by atoms with E-state index in [2.05, 4.69) is 19.6 Å². The minimum atomic E-state index is 0.0398. The van der Waals surface area contributed by atoms with Gasteiger partial charge >= 0.3 is 0 Å². The summed E-state index contributed by atoms with van der Waals surface area (Å²) in [7, 11) is 0. The Morgan fingerprint density at radius 1 is 1.56 bits per heavy atom. The third-order valence-electron chi connectivity index (χ3n) is 2.76. The molecular weight excluding hydrogens is 198 g/mol. The monoisotopic (exact) mass is 211 g/mol. The van der Waals surface area contributed by atoms with Crippen LogP contribution in [0.15, 0.2) is 36.9 Å². The van der Waals surface area contributed by atoms with E-state index >= 15 is 0 Å². The van der Waals surface area contributed by atoms with E-state index in [0.717, 1.165) is 11.3 Å². The molecule has 1 heterocycles. The SMILES string of the molecule is C=C[C@@H](C)[C@@H]1C=Cc2cc(C#N)ccc2O1. The van der Waals surface area contributed by atoms with Crippen LogP contribution >= 0.6 is 0 Å². The third kappa shape index (κ3) is 1.85. The van der Waals surface area contributed by atoms with Crippen LogP contribution in [0.2, 0.25) is 0 Å². The van der Waals surface area contributed by atoms with E-state index in [4.69, 9.17) is 10.00 Å². The largest absolute Gasteiger partial charge is 0.485 e. The molecule has 0 aromatic heterocycles. The zero-order valence-corrected chi connectivity index (χ0v) is 9.18. The first-order chi connectivity index (χ1) is 7.74. The van der Waals surface area contributed by atoms with Gasteiger partial charge in [0.2, 0.25) is 0 Å². The lowest BCUT2D eigenvalue weighted by molar-refractivity contribution is 0.208. The number of hydrogen-bond donors (Lipinski definition) is 0. The summed E-state index contributed by atoms with van der Waals surface area (Å²) in [6, 6.07) is 7.57. The summed E-state index contributed by atoms with van der Waals surface area (Å²) in [6.45, 7) is 5.83. The Kier molecular flexibility index (Phi) is 2.78. The molecule has 2 heteroatoms. The average molecular weight is 211 g/mol. The van der Waals surface area contributed by atoms with Crippen molar-refractivity contribution in [3.05, 3.63) is 48.1 Å². The summed E-state index contributed by atoms with van der Waals surface area (Å²) >= 11 is 0. The number of fused-ring (bicyclic) bond motifs is 1. The van der Waals surface area contributed by atoms with Gasteiger partial charge in [0.25, 0.3) is 0 Å². The highest BCUT2D eigenvalue weighted by Crippen LogP contribution is 2.29. The molecule has 0 radical (unpaired) electrons. The lowest BCUT2D eigenvalue weighted by Crippen LogP contribution is -2.23. The van der Waals surface area contributed by atoms with Crippen molar-refractivity contribution < 1.29 is 4.74 Å². The smallest absolute Gasteiger partial charge is 0.127 e. The van der Waals surface area contributed by atoms with E-state index in [1.165, 1.54) is 0 Å². The van der Waals surface area contributed by atoms with Crippen LogP contribution in [0.5, 0.6) is 5.75 Å². The van der Waals surface area contributed by atoms with Gasteiger partial charge in [-0.1, -0.05) is 19.1 Å². The predicted molar refractivity (Wildman–Crippen MR) is 64.0 cm³/mol. The first-order valence-corrected chi connectivity index (χ1v) is 5.26. The van der Waals surface area contributed by atoms with Gasteiger partial charge in [-0.05, 0) is 24.3 Å². The number of benzene rings is 1. The second kappa shape index (κ2) is 4.24. The minimum absolute atomic E-state index is 0.0398. The molecule has 0 spiro atoms. The van der Waals surface area contributed by atoms with Gasteiger partial charge in [-0.25, -0.2) is 0 Å². The molecule has 1 aliphatic rings. The highest BCUT2D eigenvalue weighted by Gasteiger charge is 2.18. The van der Waals surface area contributed by atoms with Crippen molar-refractivity contribution in [2.45, 2.75) is 13.0 Å². The van der Waals surface area contributed by atoms with Crippen molar-refractivity contribution in [3.63, 3.8) is 0 Å². The molecule has 0 saturated carbocycles. The maximum Gasteiger partial charge on any atom is 0.127 e. The molecule has 0 amide bonds. The summed E-state index contributed by atoms with van der Waals surface area (Å²) in [5, 5.41) is 8.79. The van der Waals surface area contributed by atoms with Gasteiger partial charge < -0.3 is 4.74 Å². The van der Waals surface area contributed by atoms with Crippen molar-refractivity contribution in [2.75, 3.05) is 0 Å². The maximum atomic E-state index is 8.79. The van der Waals surface area contributed by atoms with Gasteiger partial charge in [-0.15, -0.1) is 6.58 Å². The van der Waals surface area contributed by atoms with Gasteiger partial charge in [0.05, 0.1) is 11.6 Å². The van der Waals surface area contributed by atoms with Crippen LogP contribution in [0.3, 0.4) is 0 Å². The molecule has 0 fully saturated rings. The quantitative estimate of drug-likeness (QED) is 0.704. The van der Waals surface area contributed by atoms with Crippen molar-refractivity contribution >= 4 is 6.08 Å². The van der Waals surface area contributed by atoms with E-state index in [1.807, 2.05) is 30.4 Å². The Morgan fingerprint density at radius 3 is 3.06 bits per heavy atom. The van der Waals surface area contributed by atoms with Crippen molar-refractivity contribution in [3.8, 4) is 11.8 Å². The average Bonchev–Trinajstić information content (AvgIpc) is 2.36. The van der Waals surface area contributed by atoms with E-state index in [-0.39, 0.29) is 12.0 Å². The van der Waals surface area contributed by atoms with Crippen molar-refractivity contribution in [1.82, 2.24) is 0 Å². The summed E-state index contributed by atoms with van der Waals surface area (Å²) in [5.41, 5.74) is 1.62. The second-order valence-corrected chi connectivity index (χ2v) is 3.90. The molecule has 0 N–H and O–H groups in total. The lowest BCUT2D eigenvalue weighted by Gasteiger charge is -2.24. The Bertz CT molecular complexity index is 482. The summed E-state index contributed by atoms with van der Waals surface area (Å²) < 4.78 is 5.82. The number of hydrogen-bond acceptors (Lipinski definition) is 2. The molecule has 2 nitrogen and oxygen atoms in total. The number of nitrogens with zero attached hydrogens (tertiary/aromatic N) is 1. The molecule has 80 valence electrons. The van der Waals surface area contributed by atoms with Crippen LogP contribution in [0.1, 0.15) is 18.1 Å². The molecule has 2 rings (SSSR count). The van der Waals surface area contributed by atoms with E-state index < -0.39 is 0 Å². The summed E-state index contributed by atoms with van der Waals surface area (Å²) in [4.78, 5) is 0. The Labute approximate surface area is 95.5 Å². The molecule has 16 heavy (non-hydrogen) atoms. The third-order valence-corrected chi connectivity index (χ3v) is 2.76. The summed E-state index contributed by atoms with van der Waals surface area (Å²) in [5.74, 6) is 1.11. The topological polar surface area (TPSA) is 33.0 Å². The van der Waals surface area contributed by atoms with Gasteiger partial charge in [0, 0.05) is 11.5 Å². The number of ether oxygens (including phenoxy) is 1. The Hall–Kier alpha value is -2.01. The Morgan fingerprint density at radius 2 is 2.38 bits per heavy atom. The van der Waals surface area contributed by atoms with Crippen LogP contribution in [-0.2, 0) is 0 Å². The maximum absolute atomic E-state index is 8.79. The summed E-state index contributed by atoms with van der Waals surface area (Å²) in [6.07, 6.45) is 5.93. The normalized spacial score (nSPS) is 19.1. The van der Waals surface area contributed by atoms with Gasteiger partial charge in [-0.2, -0.15) is 5.26 Å². The molecule has 0 unspecified atom stereocenters. The van der Waals surface area contributed by atoms with Crippen LogP contribution in [-0.4, -0.2) is 6.10 Å². The molecule has 1 aromatic carbocycles. The molecule has 0 bridgehead atoms. The van der Waals surface area contributed by atoms with Crippen LogP contribution in [0.25, 0.3) is 6.08 Å². The minimum Gasteiger partial charge on any atom is -0.485 e. The highest BCUT2D eigenvalue weighted by molar-refractivity contribution is 5.62. The molecule has 0 aliphatic carbocycles. The molecule has 1 aliphatic heterocycles. The fourth-order valence-corrected chi connectivity index (χ4v) is 1.66. The van der Waals surface area contributed by atoms with Gasteiger partial charge in [0.15, 0.2) is 0 Å². The Balaban J connectivity index is 2.30. The van der Waals surface area contributed by atoms with E-state index in [9.17, 15) is 0 Å². The molecule has 0 saturated heterocycles. The van der Waals surface area contributed by atoms with Crippen LogP contribution < -0.4 is 4.74 Å². The van der Waals surface area contributed by atoms with E-state index in [0.29, 0.717) is 5.56 Å². The van der Waals surface area contributed by atoms with Crippen molar-refractivity contribution in [1.29, 1.82) is 5.26 Å². The van der Waals surface area contributed by atoms with E-state index in [1.54, 1.807) is 6.07 Å². The van der Waals surface area contributed by atoms with Crippen LogP contribution in [0.4, 0.5) is 0 Å². The first kappa shape index (κ1) is 10.5. The fourth-order valence-electron chi connectivity index (χ4n) is 1.66. The highest BCUT2D eigenvalue weighted by atomic mass is 16.5. The fraction of sp³-hybridized carbons (Fsp3) is 0.214. The van der Waals surface area contributed by atoms with Gasteiger partial charge in [-0.3, -0.25) is 0 Å². The molecule has 1 aromatic rings. The molecule has 2 atom stereocenters. The van der Waals surface area contributed by atoms with Crippen LogP contribution in [0, 0.1) is 17.2 Å². The first-order valence-electron chi connectivity index (χ1n) is 5.26. The zero-order chi connectivity index (χ0) is 11.5. The van der Waals surface area contributed by atoms with Gasteiger partial charge in [0.1, 0.15) is 11.9 Å². The lowest BCUT2D eigenvalue weighted by atomic mass is 10.00. The predicted octanol–water partition coefficient (Wildman–Crippen LogP) is 3.15. The van der Waals surface area contributed by atoms with Crippen molar-refractivity contribution in [2.24, 2.45) is 5.92 Å². The number of rotatable bonds is 2.